The van der Waals surface area contributed by atoms with Crippen molar-refractivity contribution in [1.29, 1.82) is 0 Å². The normalized spacial score (nSPS) is 10.5. The van der Waals surface area contributed by atoms with E-state index in [4.69, 9.17) is 14.8 Å². The van der Waals surface area contributed by atoms with E-state index in [1.54, 1.807) is 12.1 Å². The van der Waals surface area contributed by atoms with E-state index < -0.39 is 7.12 Å². The SMILES string of the molecule is Cc1cc(C(C)(C)C)ccc1OCc1ccc(B(O)O)cc1.F[N]=[W]. The van der Waals surface area contributed by atoms with E-state index in [1.165, 1.54) is 5.56 Å². The van der Waals surface area contributed by atoms with Crippen LogP contribution in [0.5, 0.6) is 5.75 Å². The molecule has 0 fully saturated rings. The molecule has 2 rings (SSSR count). The van der Waals surface area contributed by atoms with Gasteiger partial charge in [-0.2, -0.15) is 0 Å². The maximum atomic E-state index is 9.95. The van der Waals surface area contributed by atoms with Crippen LogP contribution in [-0.4, -0.2) is 17.2 Å². The van der Waals surface area contributed by atoms with E-state index in [0.717, 1.165) is 16.9 Å². The molecule has 0 saturated carbocycles. The third-order valence-electron chi connectivity index (χ3n) is 3.71. The second-order valence-corrected chi connectivity index (χ2v) is 7.20. The molecule has 7 heteroatoms. The van der Waals surface area contributed by atoms with Crippen molar-refractivity contribution in [1.82, 2.24) is 0 Å². The molecular formula is C18H23BFNO3W. The standard InChI is InChI=1S/C18H23BO3.FN.W/c1-13-11-15(18(2,3)4)7-10-17(13)22-12-14-5-8-16(9-6-14)19(20)21;1-2;/h5-11,20-21H,12H2,1-4H3;;. The van der Waals surface area contributed by atoms with Gasteiger partial charge in [-0.1, -0.05) is 57.2 Å². The van der Waals surface area contributed by atoms with Crippen LogP contribution in [0.15, 0.2) is 46.2 Å². The van der Waals surface area contributed by atoms with Crippen LogP contribution in [0.1, 0.15) is 37.5 Å². The Kier molecular flexibility index (Phi) is 8.63. The van der Waals surface area contributed by atoms with Crippen molar-refractivity contribution in [3.05, 3.63) is 59.2 Å². The van der Waals surface area contributed by atoms with Crippen LogP contribution in [0.4, 0.5) is 4.48 Å². The minimum absolute atomic E-state index is 0.129. The van der Waals surface area contributed by atoms with Gasteiger partial charge in [0.05, 0.1) is 0 Å². The van der Waals surface area contributed by atoms with Crippen molar-refractivity contribution in [3.63, 3.8) is 0 Å². The average Bonchev–Trinajstić information content (AvgIpc) is 2.54. The Labute approximate surface area is 159 Å². The van der Waals surface area contributed by atoms with Crippen LogP contribution in [-0.2, 0) is 31.7 Å². The summed E-state index contributed by atoms with van der Waals surface area (Å²) in [5.41, 5.74) is 4.01. The van der Waals surface area contributed by atoms with Gasteiger partial charge in [-0.05, 0) is 40.6 Å². The van der Waals surface area contributed by atoms with Gasteiger partial charge in [0, 0.05) is 0 Å². The predicted octanol–water partition coefficient (Wildman–Crippen LogP) is 3.15. The Morgan fingerprint density at radius 1 is 1.12 bits per heavy atom. The van der Waals surface area contributed by atoms with Crippen molar-refractivity contribution in [3.8, 4) is 5.75 Å². The molecule has 0 aliphatic carbocycles. The summed E-state index contributed by atoms with van der Waals surface area (Å²) >= 11 is 0.630. The van der Waals surface area contributed by atoms with E-state index in [0.29, 0.717) is 31.7 Å². The summed E-state index contributed by atoms with van der Waals surface area (Å²) in [6.07, 6.45) is 0. The molecule has 0 aliphatic rings. The zero-order valence-electron chi connectivity index (χ0n) is 14.9. The fourth-order valence-corrected chi connectivity index (χ4v) is 2.22. The number of benzene rings is 2. The molecule has 0 aliphatic heterocycles. The van der Waals surface area contributed by atoms with E-state index >= 15 is 0 Å². The Hall–Kier alpha value is -1.36. The minimum atomic E-state index is -1.43. The van der Waals surface area contributed by atoms with Gasteiger partial charge in [0.25, 0.3) is 0 Å². The van der Waals surface area contributed by atoms with E-state index in [-0.39, 0.29) is 5.41 Å². The van der Waals surface area contributed by atoms with E-state index in [9.17, 15) is 4.48 Å². The Morgan fingerprint density at radius 3 is 2.12 bits per heavy atom. The zero-order valence-corrected chi connectivity index (χ0v) is 17.8. The molecule has 0 unspecified atom stereocenters. The Bertz CT molecular complexity index is 688. The van der Waals surface area contributed by atoms with Crippen molar-refractivity contribution < 1.29 is 38.9 Å². The summed E-state index contributed by atoms with van der Waals surface area (Å²) in [6.45, 7) is 9.09. The molecule has 25 heavy (non-hydrogen) atoms. The molecule has 2 aromatic carbocycles. The fourth-order valence-electron chi connectivity index (χ4n) is 2.22. The monoisotopic (exact) mass is 515 g/mol. The summed E-state index contributed by atoms with van der Waals surface area (Å²) in [5, 5.41) is 18.1. The first-order chi connectivity index (χ1) is 11.7. The van der Waals surface area contributed by atoms with Crippen molar-refractivity contribution in [2.24, 2.45) is 3.72 Å². The van der Waals surface area contributed by atoms with Gasteiger partial charge < -0.3 is 14.8 Å². The molecule has 0 amide bonds. The van der Waals surface area contributed by atoms with Gasteiger partial charge in [-0.25, -0.2) is 0 Å². The van der Waals surface area contributed by atoms with Gasteiger partial charge in [-0.3, -0.25) is 0 Å². The van der Waals surface area contributed by atoms with Gasteiger partial charge in [0.1, 0.15) is 12.4 Å². The third kappa shape index (κ3) is 7.19. The van der Waals surface area contributed by atoms with Crippen LogP contribution in [0.2, 0.25) is 0 Å². The second-order valence-electron chi connectivity index (χ2n) is 6.70. The van der Waals surface area contributed by atoms with E-state index in [1.807, 2.05) is 18.2 Å². The van der Waals surface area contributed by atoms with Gasteiger partial charge in [0.15, 0.2) is 0 Å². The fraction of sp³-hybridized carbons (Fsp3) is 0.333. The zero-order chi connectivity index (χ0) is 19.0. The van der Waals surface area contributed by atoms with Crippen molar-refractivity contribution in [2.45, 2.75) is 39.7 Å². The number of halogens is 1. The quantitative estimate of drug-likeness (QED) is 0.616. The molecule has 2 N–H and O–H groups in total. The number of nitrogens with zero attached hydrogens (tertiary/aromatic N) is 1. The van der Waals surface area contributed by atoms with Gasteiger partial charge in [-0.15, -0.1) is 0 Å². The molecule has 0 bridgehead atoms. The number of rotatable bonds is 4. The molecule has 0 radical (unpaired) electrons. The summed E-state index contributed by atoms with van der Waals surface area (Å²) < 4.78 is 17.9. The van der Waals surface area contributed by atoms with Gasteiger partial charge >= 0.3 is 34.9 Å². The number of ether oxygens (including phenoxy) is 1. The average molecular weight is 515 g/mol. The summed E-state index contributed by atoms with van der Waals surface area (Å²) in [4.78, 5) is 0. The van der Waals surface area contributed by atoms with Crippen LogP contribution in [0.3, 0.4) is 0 Å². The maximum absolute atomic E-state index is 9.95. The topological polar surface area (TPSA) is 62.0 Å². The molecule has 0 aromatic heterocycles. The molecule has 4 nitrogen and oxygen atoms in total. The molecule has 134 valence electrons. The van der Waals surface area contributed by atoms with Crippen LogP contribution in [0, 0.1) is 6.92 Å². The molecule has 0 atom stereocenters. The van der Waals surface area contributed by atoms with Crippen LogP contribution in [0.25, 0.3) is 0 Å². The Balaban J connectivity index is 0.000000970. The summed E-state index contributed by atoms with van der Waals surface area (Å²) in [5.74, 6) is 0.874. The van der Waals surface area contributed by atoms with Crippen LogP contribution < -0.4 is 10.2 Å². The number of hydrogen-bond acceptors (Lipinski definition) is 4. The van der Waals surface area contributed by atoms with Crippen molar-refractivity contribution in [2.75, 3.05) is 0 Å². The summed E-state index contributed by atoms with van der Waals surface area (Å²) in [7, 11) is -1.43. The third-order valence-corrected chi connectivity index (χ3v) is 3.71. The molecular weight excluding hydrogens is 492 g/mol. The molecule has 0 heterocycles. The number of hydrogen-bond donors (Lipinski definition) is 2. The first kappa shape index (κ1) is 21.7. The van der Waals surface area contributed by atoms with Crippen LogP contribution >= 0.6 is 0 Å². The molecule has 2 aromatic rings. The first-order valence-corrected chi connectivity index (χ1v) is 9.12. The van der Waals surface area contributed by atoms with Gasteiger partial charge in [0.2, 0.25) is 0 Å². The van der Waals surface area contributed by atoms with E-state index in [2.05, 4.69) is 43.5 Å². The number of aryl methyl sites for hydroxylation is 1. The predicted molar refractivity (Wildman–Crippen MR) is 94.0 cm³/mol. The molecule has 0 spiro atoms. The summed E-state index contributed by atoms with van der Waals surface area (Å²) in [6, 6.07) is 13.4. The molecule has 0 saturated heterocycles. The Morgan fingerprint density at radius 2 is 1.68 bits per heavy atom. The first-order valence-electron chi connectivity index (χ1n) is 7.81. The second kappa shape index (κ2) is 9.95. The van der Waals surface area contributed by atoms with Crippen molar-refractivity contribution >= 4 is 12.6 Å².